The monoisotopic (exact) mass is 323 g/mol. The summed E-state index contributed by atoms with van der Waals surface area (Å²) in [5, 5.41) is 10.9. The van der Waals surface area contributed by atoms with Crippen molar-refractivity contribution < 1.29 is 4.79 Å². The highest BCUT2D eigenvalue weighted by Gasteiger charge is 2.28. The maximum absolute atomic E-state index is 12.2. The van der Waals surface area contributed by atoms with Crippen LogP contribution in [0, 0.1) is 17.2 Å². The number of nitriles is 1. The molecule has 1 aromatic rings. The number of nitrogens with zero attached hydrogens (tertiary/aromatic N) is 2. The molecule has 1 aliphatic rings. The van der Waals surface area contributed by atoms with Crippen LogP contribution in [0.1, 0.15) is 42.4 Å². The minimum absolute atomic E-state index is 0.0266. The van der Waals surface area contributed by atoms with Gasteiger partial charge < -0.3 is 10.6 Å². The standard InChI is InChI=1S/C15H21N3OS2/c1-4-10-8-18(5-6-20-10)15-11(7-16)12(17)14(21-15)13(19)9(2)3/h9-10H,4-6,8,17H2,1-3H3. The Morgan fingerprint density at radius 2 is 2.29 bits per heavy atom. The maximum atomic E-state index is 12.2. The van der Waals surface area contributed by atoms with Gasteiger partial charge in [-0.15, -0.1) is 11.3 Å². The first-order chi connectivity index (χ1) is 9.99. The van der Waals surface area contributed by atoms with E-state index in [9.17, 15) is 10.1 Å². The summed E-state index contributed by atoms with van der Waals surface area (Å²) in [6.07, 6.45) is 1.11. The average Bonchev–Trinajstić information content (AvgIpc) is 2.83. The van der Waals surface area contributed by atoms with E-state index in [0.717, 1.165) is 30.3 Å². The number of carbonyl (C=O) groups excluding carboxylic acids is 1. The number of nitrogen functional groups attached to an aromatic ring is 1. The SMILES string of the molecule is CCC1CN(c2sc(C(=O)C(C)C)c(N)c2C#N)CCS1. The van der Waals surface area contributed by atoms with Gasteiger partial charge in [0, 0.05) is 30.0 Å². The molecule has 21 heavy (non-hydrogen) atoms. The summed E-state index contributed by atoms with van der Waals surface area (Å²) >= 11 is 3.36. The third kappa shape index (κ3) is 3.19. The predicted octanol–water partition coefficient (Wildman–Crippen LogP) is 3.37. The third-order valence-corrected chi connectivity index (χ3v) is 6.32. The molecule has 1 fully saturated rings. The number of anilines is 2. The van der Waals surface area contributed by atoms with Gasteiger partial charge in [0.2, 0.25) is 0 Å². The van der Waals surface area contributed by atoms with E-state index in [1.807, 2.05) is 25.6 Å². The summed E-state index contributed by atoms with van der Waals surface area (Å²) in [5.41, 5.74) is 6.90. The van der Waals surface area contributed by atoms with Crippen molar-refractivity contribution >= 4 is 39.6 Å². The number of Topliss-reactive ketones (excluding diaryl/α,β-unsaturated/α-hetero) is 1. The van der Waals surface area contributed by atoms with Crippen LogP contribution in [0.15, 0.2) is 0 Å². The summed E-state index contributed by atoms with van der Waals surface area (Å²) in [6.45, 7) is 7.73. The first-order valence-electron chi connectivity index (χ1n) is 7.22. The predicted molar refractivity (Wildman–Crippen MR) is 91.4 cm³/mol. The van der Waals surface area contributed by atoms with Gasteiger partial charge in [0.25, 0.3) is 0 Å². The molecule has 1 atom stereocenters. The number of hydrogen-bond acceptors (Lipinski definition) is 6. The molecule has 6 heteroatoms. The number of hydrogen-bond donors (Lipinski definition) is 1. The summed E-state index contributed by atoms with van der Waals surface area (Å²) in [4.78, 5) is 15.0. The van der Waals surface area contributed by atoms with Crippen molar-refractivity contribution in [3.8, 4) is 6.07 Å². The molecule has 0 amide bonds. The molecule has 1 aliphatic heterocycles. The van der Waals surface area contributed by atoms with E-state index >= 15 is 0 Å². The zero-order chi connectivity index (χ0) is 15.6. The van der Waals surface area contributed by atoms with Gasteiger partial charge in [-0.1, -0.05) is 20.8 Å². The Hall–Kier alpha value is -1.19. The lowest BCUT2D eigenvalue weighted by molar-refractivity contribution is 0.0944. The Morgan fingerprint density at radius 3 is 2.86 bits per heavy atom. The molecule has 0 spiro atoms. The fourth-order valence-corrected chi connectivity index (χ4v) is 4.83. The van der Waals surface area contributed by atoms with Gasteiger partial charge in [0.05, 0.1) is 10.6 Å². The molecule has 114 valence electrons. The minimum Gasteiger partial charge on any atom is -0.396 e. The number of ketones is 1. The van der Waals surface area contributed by atoms with Crippen molar-refractivity contribution in [3.63, 3.8) is 0 Å². The third-order valence-electron chi connectivity index (χ3n) is 3.67. The molecule has 1 saturated heterocycles. The topological polar surface area (TPSA) is 70.1 Å². The molecule has 2 heterocycles. The molecule has 0 radical (unpaired) electrons. The fraction of sp³-hybridized carbons (Fsp3) is 0.600. The van der Waals surface area contributed by atoms with Crippen LogP contribution in [0.3, 0.4) is 0 Å². The zero-order valence-corrected chi connectivity index (χ0v) is 14.3. The van der Waals surface area contributed by atoms with E-state index in [4.69, 9.17) is 5.73 Å². The lowest BCUT2D eigenvalue weighted by Crippen LogP contribution is -2.37. The molecular weight excluding hydrogens is 302 g/mol. The zero-order valence-electron chi connectivity index (χ0n) is 12.7. The van der Waals surface area contributed by atoms with Crippen LogP contribution in [-0.4, -0.2) is 29.9 Å². The van der Waals surface area contributed by atoms with Gasteiger partial charge in [-0.25, -0.2) is 0 Å². The molecule has 0 aromatic carbocycles. The summed E-state index contributed by atoms with van der Waals surface area (Å²) in [5.74, 6) is 0.971. The van der Waals surface area contributed by atoms with Crippen LogP contribution in [0.5, 0.6) is 0 Å². The molecule has 1 unspecified atom stereocenters. The summed E-state index contributed by atoms with van der Waals surface area (Å²) in [6, 6.07) is 2.19. The maximum Gasteiger partial charge on any atom is 0.177 e. The number of rotatable bonds is 4. The van der Waals surface area contributed by atoms with Gasteiger partial charge in [-0.2, -0.15) is 17.0 Å². The number of nitrogens with two attached hydrogens (primary N) is 1. The van der Waals surface area contributed by atoms with Gasteiger partial charge in [0.1, 0.15) is 16.6 Å². The summed E-state index contributed by atoms with van der Waals surface area (Å²) < 4.78 is 0. The molecule has 0 aliphatic carbocycles. The van der Waals surface area contributed by atoms with Crippen molar-refractivity contribution in [2.75, 3.05) is 29.5 Å². The van der Waals surface area contributed by atoms with Gasteiger partial charge in [-0.05, 0) is 6.42 Å². The first kappa shape index (κ1) is 16.2. The fourth-order valence-electron chi connectivity index (χ4n) is 2.36. The van der Waals surface area contributed by atoms with Crippen LogP contribution in [-0.2, 0) is 0 Å². The molecule has 2 N–H and O–H groups in total. The Bertz CT molecular complexity index is 574. The largest absolute Gasteiger partial charge is 0.396 e. The van der Waals surface area contributed by atoms with Gasteiger partial charge in [-0.3, -0.25) is 4.79 Å². The quantitative estimate of drug-likeness (QED) is 0.860. The molecular formula is C15H21N3OS2. The second-order valence-corrected chi connectivity index (χ2v) is 7.91. The second-order valence-electron chi connectivity index (χ2n) is 5.50. The number of thiophene rings is 1. The van der Waals surface area contributed by atoms with Crippen LogP contribution < -0.4 is 10.6 Å². The highest BCUT2D eigenvalue weighted by atomic mass is 32.2. The highest BCUT2D eigenvalue weighted by Crippen LogP contribution is 2.40. The second kappa shape index (κ2) is 6.71. The molecule has 1 aromatic heterocycles. The van der Waals surface area contributed by atoms with Crippen molar-refractivity contribution in [1.82, 2.24) is 0 Å². The lowest BCUT2D eigenvalue weighted by atomic mass is 10.1. The molecule has 0 bridgehead atoms. The van der Waals surface area contributed by atoms with E-state index in [1.165, 1.54) is 11.3 Å². The van der Waals surface area contributed by atoms with Crippen molar-refractivity contribution in [1.29, 1.82) is 5.26 Å². The Morgan fingerprint density at radius 1 is 1.57 bits per heavy atom. The highest BCUT2D eigenvalue weighted by molar-refractivity contribution is 8.00. The Kier molecular flexibility index (Phi) is 5.17. The average molecular weight is 323 g/mol. The Balaban J connectivity index is 2.38. The molecule has 2 rings (SSSR count). The van der Waals surface area contributed by atoms with E-state index in [1.54, 1.807) is 0 Å². The molecule has 4 nitrogen and oxygen atoms in total. The minimum atomic E-state index is -0.106. The van der Waals surface area contributed by atoms with Crippen LogP contribution in [0.4, 0.5) is 10.7 Å². The first-order valence-corrected chi connectivity index (χ1v) is 9.09. The normalized spacial score (nSPS) is 18.8. The summed E-state index contributed by atoms with van der Waals surface area (Å²) in [7, 11) is 0. The van der Waals surface area contributed by atoms with Crippen molar-refractivity contribution in [2.45, 2.75) is 32.4 Å². The van der Waals surface area contributed by atoms with Crippen LogP contribution in [0.2, 0.25) is 0 Å². The van der Waals surface area contributed by atoms with E-state index in [0.29, 0.717) is 21.4 Å². The van der Waals surface area contributed by atoms with E-state index < -0.39 is 0 Å². The number of carbonyl (C=O) groups is 1. The van der Waals surface area contributed by atoms with Crippen molar-refractivity contribution in [3.05, 3.63) is 10.4 Å². The Labute approximate surface area is 134 Å². The van der Waals surface area contributed by atoms with Crippen LogP contribution in [0.25, 0.3) is 0 Å². The number of thioether (sulfide) groups is 1. The molecule has 0 saturated carbocycles. The van der Waals surface area contributed by atoms with Crippen LogP contribution >= 0.6 is 23.1 Å². The van der Waals surface area contributed by atoms with Gasteiger partial charge >= 0.3 is 0 Å². The van der Waals surface area contributed by atoms with Crippen molar-refractivity contribution in [2.24, 2.45) is 5.92 Å². The van der Waals surface area contributed by atoms with E-state index in [-0.39, 0.29) is 11.7 Å². The van der Waals surface area contributed by atoms with Gasteiger partial charge in [0.15, 0.2) is 5.78 Å². The smallest absolute Gasteiger partial charge is 0.177 e. The lowest BCUT2D eigenvalue weighted by Gasteiger charge is -2.32. The van der Waals surface area contributed by atoms with E-state index in [2.05, 4.69) is 17.9 Å².